The van der Waals surface area contributed by atoms with E-state index in [4.69, 9.17) is 18.9 Å². The highest BCUT2D eigenvalue weighted by Gasteiger charge is 2.44. The third-order valence-corrected chi connectivity index (χ3v) is 1.87. The first-order chi connectivity index (χ1) is 5.77. The van der Waals surface area contributed by atoms with Gasteiger partial charge in [-0.05, 0) is 0 Å². The van der Waals surface area contributed by atoms with Crippen LogP contribution in [0.3, 0.4) is 0 Å². The van der Waals surface area contributed by atoms with E-state index in [1.54, 1.807) is 0 Å². The Morgan fingerprint density at radius 3 is 3.00 bits per heavy atom. The van der Waals surface area contributed by atoms with E-state index in [-0.39, 0.29) is 31.3 Å². The average Bonchev–Trinajstić information content (AvgIpc) is 2.52. The molecule has 0 aromatic carbocycles. The third kappa shape index (κ3) is 1.31. The molecule has 0 aromatic rings. The van der Waals surface area contributed by atoms with Crippen molar-refractivity contribution in [3.05, 3.63) is 0 Å². The van der Waals surface area contributed by atoms with Gasteiger partial charge in [-0.1, -0.05) is 0 Å². The number of carbonyl (C=O) groups excluding carboxylic acids is 1. The molecule has 2 heterocycles. The van der Waals surface area contributed by atoms with E-state index in [1.165, 1.54) is 6.92 Å². The summed E-state index contributed by atoms with van der Waals surface area (Å²) in [6, 6.07) is 0. The van der Waals surface area contributed by atoms with E-state index >= 15 is 0 Å². The topological polar surface area (TPSA) is 54.0 Å². The Bertz CT molecular complexity index is 192. The first kappa shape index (κ1) is 7.97. The molecular weight excluding hydrogens is 164 g/mol. The van der Waals surface area contributed by atoms with Crippen LogP contribution in [0.25, 0.3) is 0 Å². The van der Waals surface area contributed by atoms with Gasteiger partial charge in [-0.25, -0.2) is 0 Å². The number of ether oxygens (including phenoxy) is 4. The Morgan fingerprint density at radius 2 is 2.25 bits per heavy atom. The molecule has 0 N–H and O–H groups in total. The largest absolute Gasteiger partial charge is 0.457 e. The van der Waals surface area contributed by atoms with Crippen LogP contribution in [0.5, 0.6) is 0 Å². The van der Waals surface area contributed by atoms with Gasteiger partial charge in [0.2, 0.25) is 0 Å². The van der Waals surface area contributed by atoms with Crippen LogP contribution in [-0.4, -0.2) is 37.9 Å². The Hall–Kier alpha value is -0.650. The van der Waals surface area contributed by atoms with Crippen molar-refractivity contribution in [1.29, 1.82) is 0 Å². The fourth-order valence-electron chi connectivity index (χ4n) is 1.38. The summed E-state index contributed by atoms with van der Waals surface area (Å²) in [5, 5.41) is 0. The summed E-state index contributed by atoms with van der Waals surface area (Å²) in [5.41, 5.74) is 0. The standard InChI is InChI=1S/C7H10O5/c1-4(8)12-5-2-9-7-6(5)10-3-11-7/h5-7H,2-3H2,1H3. The number of rotatable bonds is 1. The van der Waals surface area contributed by atoms with Gasteiger partial charge in [0.15, 0.2) is 25.3 Å². The molecule has 2 aliphatic heterocycles. The van der Waals surface area contributed by atoms with Gasteiger partial charge in [-0.3, -0.25) is 4.79 Å². The summed E-state index contributed by atoms with van der Waals surface area (Å²) < 4.78 is 20.3. The summed E-state index contributed by atoms with van der Waals surface area (Å²) in [6.45, 7) is 1.94. The highest BCUT2D eigenvalue weighted by atomic mass is 16.8. The van der Waals surface area contributed by atoms with Crippen LogP contribution >= 0.6 is 0 Å². The molecular formula is C7H10O5. The minimum Gasteiger partial charge on any atom is -0.457 e. The molecule has 0 radical (unpaired) electrons. The second kappa shape index (κ2) is 3.01. The summed E-state index contributed by atoms with van der Waals surface area (Å²) in [4.78, 5) is 10.6. The van der Waals surface area contributed by atoms with Gasteiger partial charge < -0.3 is 18.9 Å². The maximum absolute atomic E-state index is 10.6. The SMILES string of the molecule is CC(=O)OC1COC2OCOC12. The Morgan fingerprint density at radius 1 is 1.42 bits per heavy atom. The van der Waals surface area contributed by atoms with Crippen molar-refractivity contribution in [2.75, 3.05) is 13.4 Å². The molecule has 3 unspecified atom stereocenters. The molecule has 12 heavy (non-hydrogen) atoms. The fourth-order valence-corrected chi connectivity index (χ4v) is 1.38. The Kier molecular flexibility index (Phi) is 2.00. The van der Waals surface area contributed by atoms with Gasteiger partial charge in [0, 0.05) is 6.92 Å². The first-order valence-electron chi connectivity index (χ1n) is 3.79. The molecule has 5 nitrogen and oxygen atoms in total. The van der Waals surface area contributed by atoms with E-state index < -0.39 is 0 Å². The van der Waals surface area contributed by atoms with E-state index in [0.29, 0.717) is 6.61 Å². The summed E-state index contributed by atoms with van der Waals surface area (Å²) >= 11 is 0. The Balaban J connectivity index is 1.95. The fraction of sp³-hybridized carbons (Fsp3) is 0.857. The molecule has 5 heteroatoms. The van der Waals surface area contributed by atoms with E-state index in [2.05, 4.69) is 0 Å². The number of hydrogen-bond donors (Lipinski definition) is 0. The van der Waals surface area contributed by atoms with Crippen LogP contribution < -0.4 is 0 Å². The van der Waals surface area contributed by atoms with E-state index in [0.717, 1.165) is 0 Å². The van der Waals surface area contributed by atoms with Gasteiger partial charge in [0.05, 0.1) is 6.61 Å². The minimum atomic E-state index is -0.352. The molecule has 68 valence electrons. The second-order valence-electron chi connectivity index (χ2n) is 2.77. The average molecular weight is 174 g/mol. The molecule has 2 saturated heterocycles. The van der Waals surface area contributed by atoms with Crippen LogP contribution in [0.2, 0.25) is 0 Å². The van der Waals surface area contributed by atoms with Gasteiger partial charge in [0.1, 0.15) is 0 Å². The summed E-state index contributed by atoms with van der Waals surface area (Å²) in [6.07, 6.45) is -0.904. The highest BCUT2D eigenvalue weighted by molar-refractivity contribution is 5.66. The van der Waals surface area contributed by atoms with E-state index in [9.17, 15) is 4.79 Å². The lowest BCUT2D eigenvalue weighted by atomic mass is 10.2. The van der Waals surface area contributed by atoms with Gasteiger partial charge in [0.25, 0.3) is 0 Å². The maximum Gasteiger partial charge on any atom is 0.303 e. The van der Waals surface area contributed by atoms with Gasteiger partial charge >= 0.3 is 5.97 Å². The monoisotopic (exact) mass is 174 g/mol. The lowest BCUT2D eigenvalue weighted by Gasteiger charge is -2.13. The van der Waals surface area contributed by atoms with Crippen LogP contribution in [-0.2, 0) is 23.7 Å². The van der Waals surface area contributed by atoms with Crippen LogP contribution in [0.4, 0.5) is 0 Å². The second-order valence-corrected chi connectivity index (χ2v) is 2.77. The molecule has 0 aliphatic carbocycles. The normalized spacial score (nSPS) is 39.6. The van der Waals surface area contributed by atoms with Crippen LogP contribution in [0.15, 0.2) is 0 Å². The number of fused-ring (bicyclic) bond motifs is 1. The van der Waals surface area contributed by atoms with Crippen LogP contribution in [0, 0.1) is 0 Å². The molecule has 2 fully saturated rings. The zero-order chi connectivity index (χ0) is 8.55. The van der Waals surface area contributed by atoms with Crippen molar-refractivity contribution in [2.45, 2.75) is 25.4 Å². The molecule has 2 rings (SSSR count). The molecule has 2 aliphatic rings. The maximum atomic E-state index is 10.6. The molecule has 0 amide bonds. The smallest absolute Gasteiger partial charge is 0.303 e. The zero-order valence-electron chi connectivity index (χ0n) is 6.69. The number of carbonyl (C=O) groups is 1. The van der Waals surface area contributed by atoms with Crippen molar-refractivity contribution in [3.8, 4) is 0 Å². The van der Waals surface area contributed by atoms with Gasteiger partial charge in [-0.15, -0.1) is 0 Å². The van der Waals surface area contributed by atoms with Gasteiger partial charge in [-0.2, -0.15) is 0 Å². The van der Waals surface area contributed by atoms with Crippen molar-refractivity contribution in [1.82, 2.24) is 0 Å². The van der Waals surface area contributed by atoms with Crippen LogP contribution in [0.1, 0.15) is 6.92 Å². The van der Waals surface area contributed by atoms with Crippen molar-refractivity contribution in [3.63, 3.8) is 0 Å². The molecule has 0 bridgehead atoms. The minimum absolute atomic E-state index is 0.215. The number of hydrogen-bond acceptors (Lipinski definition) is 5. The third-order valence-electron chi connectivity index (χ3n) is 1.87. The predicted molar refractivity (Wildman–Crippen MR) is 36.1 cm³/mol. The zero-order valence-corrected chi connectivity index (χ0v) is 6.69. The quantitative estimate of drug-likeness (QED) is 0.508. The summed E-state index contributed by atoms with van der Waals surface area (Å²) in [5.74, 6) is -0.320. The Labute approximate surface area is 69.5 Å². The van der Waals surface area contributed by atoms with Crippen molar-refractivity contribution < 1.29 is 23.7 Å². The number of esters is 1. The summed E-state index contributed by atoms with van der Waals surface area (Å²) in [7, 11) is 0. The predicted octanol–water partition coefficient (Wildman–Crippen LogP) is -0.353. The molecule has 0 aromatic heterocycles. The first-order valence-corrected chi connectivity index (χ1v) is 3.79. The lowest BCUT2D eigenvalue weighted by Crippen LogP contribution is -2.31. The molecule has 0 spiro atoms. The van der Waals surface area contributed by atoms with E-state index in [1.807, 2.05) is 0 Å². The molecule has 3 atom stereocenters. The highest BCUT2D eigenvalue weighted by Crippen LogP contribution is 2.26. The van der Waals surface area contributed by atoms with Crippen molar-refractivity contribution >= 4 is 5.97 Å². The molecule has 0 saturated carbocycles. The lowest BCUT2D eigenvalue weighted by molar-refractivity contribution is -0.152. The van der Waals surface area contributed by atoms with Crippen molar-refractivity contribution in [2.24, 2.45) is 0 Å².